The van der Waals surface area contributed by atoms with E-state index in [-0.39, 0.29) is 0 Å². The van der Waals surface area contributed by atoms with E-state index in [1.54, 1.807) is 0 Å². The molecule has 1 N–H and O–H groups in total. The lowest BCUT2D eigenvalue weighted by molar-refractivity contribution is 0.00637. The molecule has 0 aromatic heterocycles. The van der Waals surface area contributed by atoms with Gasteiger partial charge in [-0.3, -0.25) is 4.90 Å². The van der Waals surface area contributed by atoms with E-state index in [0.29, 0.717) is 6.10 Å². The number of hydrogen-bond acceptors (Lipinski definition) is 3. The number of nitrogens with zero attached hydrogens (tertiary/aromatic N) is 1. The molecule has 3 nitrogen and oxygen atoms in total. The van der Waals surface area contributed by atoms with Crippen molar-refractivity contribution >= 4 is 0 Å². The highest BCUT2D eigenvalue weighted by Crippen LogP contribution is 2.12. The van der Waals surface area contributed by atoms with Crippen molar-refractivity contribution in [3.8, 4) is 0 Å². The molecule has 1 atom stereocenters. The SMILES string of the molecule is CCCCCCNCCN1CCCC(OCC)C1. The predicted octanol–water partition coefficient (Wildman–Crippen LogP) is 2.66. The van der Waals surface area contributed by atoms with Crippen molar-refractivity contribution in [3.63, 3.8) is 0 Å². The maximum Gasteiger partial charge on any atom is 0.0702 e. The molecule has 108 valence electrons. The van der Waals surface area contributed by atoms with Crippen LogP contribution in [0.1, 0.15) is 52.4 Å². The lowest BCUT2D eigenvalue weighted by Gasteiger charge is -2.32. The van der Waals surface area contributed by atoms with Gasteiger partial charge in [0.15, 0.2) is 0 Å². The second kappa shape index (κ2) is 10.8. The van der Waals surface area contributed by atoms with Gasteiger partial charge in [-0.1, -0.05) is 26.2 Å². The Morgan fingerprint density at radius 1 is 1.17 bits per heavy atom. The van der Waals surface area contributed by atoms with Crippen LogP contribution in [0.4, 0.5) is 0 Å². The predicted molar refractivity (Wildman–Crippen MR) is 78.1 cm³/mol. The Bertz CT molecular complexity index is 185. The Morgan fingerprint density at radius 2 is 2.06 bits per heavy atom. The lowest BCUT2D eigenvalue weighted by atomic mass is 10.1. The van der Waals surface area contributed by atoms with E-state index in [1.807, 2.05) is 0 Å². The van der Waals surface area contributed by atoms with Gasteiger partial charge in [0.1, 0.15) is 0 Å². The number of hydrogen-bond donors (Lipinski definition) is 1. The molecule has 0 aliphatic carbocycles. The number of unbranched alkanes of at least 4 members (excludes halogenated alkanes) is 3. The zero-order valence-corrected chi connectivity index (χ0v) is 12.4. The third kappa shape index (κ3) is 7.34. The summed E-state index contributed by atoms with van der Waals surface area (Å²) in [5, 5.41) is 3.56. The van der Waals surface area contributed by atoms with Crippen molar-refractivity contribution in [2.24, 2.45) is 0 Å². The third-order valence-electron chi connectivity index (χ3n) is 3.68. The fourth-order valence-corrected chi connectivity index (χ4v) is 2.63. The molecule has 0 radical (unpaired) electrons. The van der Waals surface area contributed by atoms with Gasteiger partial charge in [0.25, 0.3) is 0 Å². The molecule has 1 fully saturated rings. The Hall–Kier alpha value is -0.120. The van der Waals surface area contributed by atoms with E-state index < -0.39 is 0 Å². The first-order valence-corrected chi connectivity index (χ1v) is 7.91. The van der Waals surface area contributed by atoms with Crippen molar-refractivity contribution in [2.75, 3.05) is 39.3 Å². The molecule has 0 spiro atoms. The standard InChI is InChI=1S/C15H32N2O/c1-3-5-6-7-10-16-11-13-17-12-8-9-15(14-17)18-4-2/h15-16H,3-14H2,1-2H3. The number of likely N-dealkylation sites (tertiary alicyclic amines) is 1. The quantitative estimate of drug-likeness (QED) is 0.608. The fraction of sp³-hybridized carbons (Fsp3) is 1.00. The van der Waals surface area contributed by atoms with Gasteiger partial charge in [0, 0.05) is 26.2 Å². The molecular weight excluding hydrogens is 224 g/mol. The number of rotatable bonds is 10. The summed E-state index contributed by atoms with van der Waals surface area (Å²) in [6.45, 7) is 11.1. The van der Waals surface area contributed by atoms with Crippen LogP contribution in [0.15, 0.2) is 0 Å². The first kappa shape index (κ1) is 15.9. The van der Waals surface area contributed by atoms with Crippen molar-refractivity contribution in [1.82, 2.24) is 10.2 Å². The fourth-order valence-electron chi connectivity index (χ4n) is 2.63. The van der Waals surface area contributed by atoms with E-state index >= 15 is 0 Å². The van der Waals surface area contributed by atoms with Crippen LogP contribution < -0.4 is 5.32 Å². The summed E-state index contributed by atoms with van der Waals surface area (Å²) in [4.78, 5) is 2.54. The Morgan fingerprint density at radius 3 is 2.83 bits per heavy atom. The molecular formula is C15H32N2O. The molecule has 1 aliphatic heterocycles. The van der Waals surface area contributed by atoms with Gasteiger partial charge in [-0.2, -0.15) is 0 Å². The third-order valence-corrected chi connectivity index (χ3v) is 3.68. The van der Waals surface area contributed by atoms with Crippen LogP contribution in [0.3, 0.4) is 0 Å². The van der Waals surface area contributed by atoms with Crippen molar-refractivity contribution < 1.29 is 4.74 Å². The summed E-state index contributed by atoms with van der Waals surface area (Å²) in [6, 6.07) is 0. The Balaban J connectivity index is 1.94. The normalized spacial score (nSPS) is 21.3. The summed E-state index contributed by atoms with van der Waals surface area (Å²) in [5.74, 6) is 0. The van der Waals surface area contributed by atoms with Crippen molar-refractivity contribution in [3.05, 3.63) is 0 Å². The van der Waals surface area contributed by atoms with Crippen LogP contribution in [0.2, 0.25) is 0 Å². The smallest absolute Gasteiger partial charge is 0.0702 e. The molecule has 18 heavy (non-hydrogen) atoms. The number of piperidine rings is 1. The summed E-state index contributed by atoms with van der Waals surface area (Å²) < 4.78 is 5.72. The monoisotopic (exact) mass is 256 g/mol. The highest BCUT2D eigenvalue weighted by molar-refractivity contribution is 4.73. The van der Waals surface area contributed by atoms with Gasteiger partial charge in [-0.05, 0) is 39.3 Å². The van der Waals surface area contributed by atoms with Gasteiger partial charge in [-0.15, -0.1) is 0 Å². The minimum atomic E-state index is 0.480. The number of nitrogens with one attached hydrogen (secondary N) is 1. The summed E-state index contributed by atoms with van der Waals surface area (Å²) >= 11 is 0. The molecule has 0 aromatic rings. The van der Waals surface area contributed by atoms with E-state index in [1.165, 1.54) is 58.2 Å². The maximum atomic E-state index is 5.72. The molecule has 0 bridgehead atoms. The van der Waals surface area contributed by atoms with E-state index in [2.05, 4.69) is 24.1 Å². The van der Waals surface area contributed by atoms with Crippen LogP contribution >= 0.6 is 0 Å². The van der Waals surface area contributed by atoms with Crippen LogP contribution in [0, 0.1) is 0 Å². The topological polar surface area (TPSA) is 24.5 Å². The van der Waals surface area contributed by atoms with Crippen LogP contribution in [0.25, 0.3) is 0 Å². The van der Waals surface area contributed by atoms with Crippen LogP contribution in [-0.4, -0.2) is 50.3 Å². The zero-order valence-electron chi connectivity index (χ0n) is 12.4. The lowest BCUT2D eigenvalue weighted by Crippen LogP contribution is -2.42. The van der Waals surface area contributed by atoms with Crippen LogP contribution in [0.5, 0.6) is 0 Å². The highest BCUT2D eigenvalue weighted by atomic mass is 16.5. The first-order chi connectivity index (χ1) is 8.86. The van der Waals surface area contributed by atoms with Gasteiger partial charge < -0.3 is 10.1 Å². The summed E-state index contributed by atoms with van der Waals surface area (Å²) in [7, 11) is 0. The van der Waals surface area contributed by atoms with Gasteiger partial charge in [0.2, 0.25) is 0 Å². The largest absolute Gasteiger partial charge is 0.377 e. The maximum absolute atomic E-state index is 5.72. The van der Waals surface area contributed by atoms with E-state index in [4.69, 9.17) is 4.74 Å². The van der Waals surface area contributed by atoms with Gasteiger partial charge in [-0.25, -0.2) is 0 Å². The molecule has 1 rings (SSSR count). The molecule has 1 aliphatic rings. The minimum absolute atomic E-state index is 0.480. The van der Waals surface area contributed by atoms with Crippen molar-refractivity contribution in [2.45, 2.75) is 58.5 Å². The summed E-state index contributed by atoms with van der Waals surface area (Å²) in [5.41, 5.74) is 0. The number of ether oxygens (including phenoxy) is 1. The Kier molecular flexibility index (Phi) is 9.54. The van der Waals surface area contributed by atoms with Gasteiger partial charge in [0.05, 0.1) is 6.10 Å². The molecule has 0 amide bonds. The second-order valence-corrected chi connectivity index (χ2v) is 5.33. The van der Waals surface area contributed by atoms with Crippen LogP contribution in [-0.2, 0) is 4.74 Å². The van der Waals surface area contributed by atoms with Gasteiger partial charge >= 0.3 is 0 Å². The van der Waals surface area contributed by atoms with E-state index in [0.717, 1.165) is 19.7 Å². The second-order valence-electron chi connectivity index (χ2n) is 5.33. The first-order valence-electron chi connectivity index (χ1n) is 7.91. The molecule has 1 unspecified atom stereocenters. The molecule has 3 heteroatoms. The van der Waals surface area contributed by atoms with E-state index in [9.17, 15) is 0 Å². The molecule has 0 saturated carbocycles. The van der Waals surface area contributed by atoms with Crippen molar-refractivity contribution in [1.29, 1.82) is 0 Å². The average Bonchev–Trinajstić information content (AvgIpc) is 2.39. The molecule has 0 aromatic carbocycles. The molecule has 1 heterocycles. The highest BCUT2D eigenvalue weighted by Gasteiger charge is 2.19. The summed E-state index contributed by atoms with van der Waals surface area (Å²) in [6.07, 6.45) is 8.43. The Labute approximate surface area is 113 Å². The minimum Gasteiger partial charge on any atom is -0.377 e. The molecule has 1 saturated heterocycles. The average molecular weight is 256 g/mol. The zero-order chi connectivity index (χ0) is 13.1.